The van der Waals surface area contributed by atoms with Crippen molar-refractivity contribution in [3.63, 3.8) is 0 Å². The molecule has 0 fully saturated rings. The Labute approximate surface area is 422 Å². The van der Waals surface area contributed by atoms with Gasteiger partial charge in [0.2, 0.25) is 0 Å². The van der Waals surface area contributed by atoms with Crippen molar-refractivity contribution in [2.75, 3.05) is 0 Å². The predicted octanol–water partition coefficient (Wildman–Crippen LogP) is 20.5. The van der Waals surface area contributed by atoms with Crippen molar-refractivity contribution in [1.82, 2.24) is 0 Å². The van der Waals surface area contributed by atoms with Gasteiger partial charge in [0.05, 0.1) is 0 Å². The highest BCUT2D eigenvalue weighted by atomic mass is 16.3. The molecule has 15 aromatic rings. The number of rotatable bonds is 6. The lowest BCUT2D eigenvalue weighted by molar-refractivity contribution is 0.670. The summed E-state index contributed by atoms with van der Waals surface area (Å²) in [5.74, 6) is 0. The Bertz CT molecular complexity index is 4580. The number of fused-ring (bicyclic) bond motifs is 9. The Hall–Kier alpha value is -9.56. The molecule has 0 unspecified atom stereocenters. The molecule has 15 rings (SSSR count). The van der Waals surface area contributed by atoms with E-state index in [0.29, 0.717) is 0 Å². The molecule has 73 heavy (non-hydrogen) atoms. The maximum absolute atomic E-state index is 7.04. The number of hydrogen-bond donors (Lipinski definition) is 0. The van der Waals surface area contributed by atoms with Crippen LogP contribution < -0.4 is 0 Å². The van der Waals surface area contributed by atoms with E-state index in [1.54, 1.807) is 0 Å². The van der Waals surface area contributed by atoms with Gasteiger partial charge in [0, 0.05) is 21.9 Å². The van der Waals surface area contributed by atoms with Gasteiger partial charge in [-0.25, -0.2) is 0 Å². The minimum absolute atomic E-state index is 0.874. The molecule has 1 aromatic heterocycles. The van der Waals surface area contributed by atoms with E-state index in [1.165, 1.54) is 120 Å². The molecule has 0 bridgehead atoms. The van der Waals surface area contributed by atoms with Gasteiger partial charge in [-0.05, 0) is 132 Å². The molecule has 0 aliphatic heterocycles. The largest absolute Gasteiger partial charge is 0.455 e. The standard InChI is InChI=1S/C72H44O/c1-3-20-52-45(16-1)18-13-30-54(52)47-34-38-49(39-35-47)68-56-22-5-7-24-58(56)70(59-25-8-6-23-57(59)68)51-42-43-67-66(44-51)64-32-15-33-65(72(64)73-67)71-62-28-11-9-26-60(62)69(61-27-10-12-29-63(61)71)50-40-36-48(37-41-50)55-31-14-19-46-17-2-4-21-53(46)55/h1-44H. The molecule has 0 aliphatic carbocycles. The molecular formula is C72H44O. The minimum Gasteiger partial charge on any atom is -0.455 e. The first-order valence-electron chi connectivity index (χ1n) is 25.2. The monoisotopic (exact) mass is 924 g/mol. The molecule has 0 atom stereocenters. The van der Waals surface area contributed by atoms with Gasteiger partial charge in [-0.15, -0.1) is 0 Å². The zero-order valence-electron chi connectivity index (χ0n) is 39.8. The molecule has 0 spiro atoms. The van der Waals surface area contributed by atoms with Crippen molar-refractivity contribution < 1.29 is 4.42 Å². The Morgan fingerprint density at radius 3 is 0.959 bits per heavy atom. The van der Waals surface area contributed by atoms with Crippen LogP contribution in [0.15, 0.2) is 271 Å². The second-order valence-electron chi connectivity index (χ2n) is 19.4. The maximum Gasteiger partial charge on any atom is 0.143 e. The third kappa shape index (κ3) is 6.49. The van der Waals surface area contributed by atoms with Crippen molar-refractivity contribution in [1.29, 1.82) is 0 Å². The minimum atomic E-state index is 0.874. The van der Waals surface area contributed by atoms with E-state index in [1.807, 2.05) is 0 Å². The van der Waals surface area contributed by atoms with E-state index >= 15 is 0 Å². The Kier molecular flexibility index (Phi) is 9.33. The summed E-state index contributed by atoms with van der Waals surface area (Å²) in [4.78, 5) is 0. The van der Waals surface area contributed by atoms with E-state index in [-0.39, 0.29) is 0 Å². The summed E-state index contributed by atoms with van der Waals surface area (Å²) in [5, 5.41) is 17.0. The lowest BCUT2D eigenvalue weighted by Gasteiger charge is -2.18. The van der Waals surface area contributed by atoms with Crippen LogP contribution in [0, 0.1) is 0 Å². The molecular weight excluding hydrogens is 881 g/mol. The maximum atomic E-state index is 7.04. The van der Waals surface area contributed by atoms with Crippen LogP contribution in [0.3, 0.4) is 0 Å². The predicted molar refractivity (Wildman–Crippen MR) is 311 cm³/mol. The SMILES string of the molecule is c1ccc2c(-c3ccc(-c4c5ccccc5c(-c5ccc6oc7c(-c8c9ccccc9c(-c9ccc(-c%10cccc%11ccccc%10%11)cc9)c9ccccc89)cccc7c6c5)c5ccccc45)cc3)cccc2c1. The van der Waals surface area contributed by atoms with Gasteiger partial charge in [-0.3, -0.25) is 0 Å². The van der Waals surface area contributed by atoms with Crippen LogP contribution in [-0.4, -0.2) is 0 Å². The first-order chi connectivity index (χ1) is 36.2. The van der Waals surface area contributed by atoms with Gasteiger partial charge < -0.3 is 4.42 Å². The van der Waals surface area contributed by atoms with Gasteiger partial charge >= 0.3 is 0 Å². The third-order valence-corrected chi connectivity index (χ3v) is 15.5. The fraction of sp³-hybridized carbons (Fsp3) is 0. The van der Waals surface area contributed by atoms with Crippen LogP contribution in [0.25, 0.3) is 153 Å². The van der Waals surface area contributed by atoms with Crippen LogP contribution in [0.1, 0.15) is 0 Å². The molecule has 0 saturated heterocycles. The Balaban J connectivity index is 0.871. The molecule has 1 nitrogen and oxygen atoms in total. The van der Waals surface area contributed by atoms with E-state index in [0.717, 1.165) is 33.1 Å². The number of para-hydroxylation sites is 1. The number of benzene rings is 14. The van der Waals surface area contributed by atoms with Gasteiger partial charge in [-0.1, -0.05) is 255 Å². The van der Waals surface area contributed by atoms with E-state index < -0.39 is 0 Å². The molecule has 0 amide bonds. The highest BCUT2D eigenvalue weighted by Crippen LogP contribution is 2.49. The van der Waals surface area contributed by atoms with Crippen molar-refractivity contribution in [2.24, 2.45) is 0 Å². The zero-order valence-corrected chi connectivity index (χ0v) is 39.8. The summed E-state index contributed by atoms with van der Waals surface area (Å²) in [6.07, 6.45) is 0. The van der Waals surface area contributed by atoms with Gasteiger partial charge in [-0.2, -0.15) is 0 Å². The van der Waals surface area contributed by atoms with Crippen LogP contribution in [0.2, 0.25) is 0 Å². The van der Waals surface area contributed by atoms with Gasteiger partial charge in [0.15, 0.2) is 0 Å². The molecule has 338 valence electrons. The highest BCUT2D eigenvalue weighted by molar-refractivity contribution is 6.26. The smallest absolute Gasteiger partial charge is 0.143 e. The summed E-state index contributed by atoms with van der Waals surface area (Å²) < 4.78 is 7.04. The molecule has 0 N–H and O–H groups in total. The Morgan fingerprint density at radius 1 is 0.192 bits per heavy atom. The summed E-state index contributed by atoms with van der Waals surface area (Å²) >= 11 is 0. The second kappa shape index (κ2) is 16.5. The zero-order chi connectivity index (χ0) is 48.0. The van der Waals surface area contributed by atoms with Gasteiger partial charge in [0.25, 0.3) is 0 Å². The topological polar surface area (TPSA) is 13.1 Å². The molecule has 1 heterocycles. The molecule has 0 aliphatic rings. The average Bonchev–Trinajstić information content (AvgIpc) is 3.84. The van der Waals surface area contributed by atoms with Crippen LogP contribution in [-0.2, 0) is 0 Å². The highest BCUT2D eigenvalue weighted by Gasteiger charge is 2.22. The van der Waals surface area contributed by atoms with Crippen LogP contribution in [0.5, 0.6) is 0 Å². The fourth-order valence-corrected chi connectivity index (χ4v) is 12.2. The lowest BCUT2D eigenvalue weighted by Crippen LogP contribution is -1.91. The normalized spacial score (nSPS) is 11.8. The lowest BCUT2D eigenvalue weighted by atomic mass is 9.85. The summed E-state index contributed by atoms with van der Waals surface area (Å²) in [6.45, 7) is 0. The Morgan fingerprint density at radius 2 is 0.507 bits per heavy atom. The molecule has 14 aromatic carbocycles. The number of hydrogen-bond acceptors (Lipinski definition) is 1. The average molecular weight is 925 g/mol. The van der Waals surface area contributed by atoms with Gasteiger partial charge in [0.1, 0.15) is 11.2 Å². The van der Waals surface area contributed by atoms with Crippen LogP contribution in [0.4, 0.5) is 0 Å². The van der Waals surface area contributed by atoms with Crippen LogP contribution >= 0.6 is 0 Å². The second-order valence-corrected chi connectivity index (χ2v) is 19.4. The fourth-order valence-electron chi connectivity index (χ4n) is 12.2. The summed E-state index contributed by atoms with van der Waals surface area (Å²) in [7, 11) is 0. The van der Waals surface area contributed by atoms with Crippen molar-refractivity contribution in [2.45, 2.75) is 0 Å². The molecule has 0 radical (unpaired) electrons. The molecule has 0 saturated carbocycles. The van der Waals surface area contributed by atoms with Crippen molar-refractivity contribution >= 4 is 86.6 Å². The molecule has 1 heteroatoms. The van der Waals surface area contributed by atoms with E-state index in [2.05, 4.69) is 267 Å². The third-order valence-electron chi connectivity index (χ3n) is 15.5. The number of furan rings is 1. The van der Waals surface area contributed by atoms with Crippen molar-refractivity contribution in [3.8, 4) is 66.8 Å². The quantitative estimate of drug-likeness (QED) is 0.151. The van der Waals surface area contributed by atoms with E-state index in [9.17, 15) is 0 Å². The van der Waals surface area contributed by atoms with Crippen molar-refractivity contribution in [3.05, 3.63) is 267 Å². The summed E-state index contributed by atoms with van der Waals surface area (Å²) in [6, 6.07) is 97.9. The van der Waals surface area contributed by atoms with E-state index in [4.69, 9.17) is 4.42 Å². The first kappa shape index (κ1) is 41.2. The summed E-state index contributed by atoms with van der Waals surface area (Å²) in [5.41, 5.74) is 16.3. The first-order valence-corrected chi connectivity index (χ1v) is 25.2.